The number of sulfonamides is 1. The first kappa shape index (κ1) is 22.8. The van der Waals surface area contributed by atoms with Gasteiger partial charge in [-0.1, -0.05) is 17.7 Å². The van der Waals surface area contributed by atoms with E-state index in [-0.39, 0.29) is 17.3 Å². The van der Waals surface area contributed by atoms with Crippen LogP contribution in [0.2, 0.25) is 5.02 Å². The van der Waals surface area contributed by atoms with Gasteiger partial charge in [-0.3, -0.25) is 0 Å². The van der Waals surface area contributed by atoms with Crippen LogP contribution in [-0.4, -0.2) is 33.9 Å². The largest absolute Gasteiger partial charge is 0.490 e. The second kappa shape index (κ2) is 10.9. The summed E-state index contributed by atoms with van der Waals surface area (Å²) in [6.07, 6.45) is 0. The third kappa shape index (κ3) is 6.27. The van der Waals surface area contributed by atoms with Crippen LogP contribution in [-0.2, 0) is 15.8 Å². The van der Waals surface area contributed by atoms with Gasteiger partial charge >= 0.3 is 0 Å². The maximum Gasteiger partial charge on any atom is 0.240 e. The highest BCUT2D eigenvalue weighted by Crippen LogP contribution is 2.30. The molecule has 0 aliphatic heterocycles. The fourth-order valence-corrected chi connectivity index (χ4v) is 4.75. The van der Waals surface area contributed by atoms with Crippen molar-refractivity contribution in [3.05, 3.63) is 52.8 Å². The van der Waals surface area contributed by atoms with Gasteiger partial charge in [-0.05, 0) is 38.1 Å². The second-order valence-corrected chi connectivity index (χ2v) is 8.90. The molecule has 0 fully saturated rings. The maximum atomic E-state index is 13.7. The van der Waals surface area contributed by atoms with Gasteiger partial charge in [-0.25, -0.2) is 17.5 Å². The smallest absolute Gasteiger partial charge is 0.240 e. The second-order valence-electron chi connectivity index (χ2n) is 5.63. The Labute approximate surface area is 174 Å². The van der Waals surface area contributed by atoms with E-state index < -0.39 is 10.0 Å². The molecule has 2 aromatic rings. The highest BCUT2D eigenvalue weighted by Gasteiger charge is 2.17. The Hall–Kier alpha value is -1.48. The summed E-state index contributed by atoms with van der Waals surface area (Å²) < 4.78 is 52.2. The number of benzene rings is 2. The molecule has 0 aromatic heterocycles. The van der Waals surface area contributed by atoms with Crippen molar-refractivity contribution in [2.75, 3.05) is 25.5 Å². The average molecular weight is 448 g/mol. The molecule has 0 aliphatic carbocycles. The van der Waals surface area contributed by atoms with Crippen LogP contribution in [0.4, 0.5) is 4.39 Å². The van der Waals surface area contributed by atoms with E-state index in [0.717, 1.165) is 0 Å². The van der Waals surface area contributed by atoms with Crippen molar-refractivity contribution in [3.63, 3.8) is 0 Å². The molecule has 0 aliphatic rings. The van der Waals surface area contributed by atoms with Gasteiger partial charge < -0.3 is 9.47 Å². The minimum Gasteiger partial charge on any atom is -0.490 e. The van der Waals surface area contributed by atoms with Crippen LogP contribution in [0.5, 0.6) is 11.5 Å². The molecule has 0 bridgehead atoms. The monoisotopic (exact) mass is 447 g/mol. The van der Waals surface area contributed by atoms with Gasteiger partial charge in [0.2, 0.25) is 10.0 Å². The van der Waals surface area contributed by atoms with E-state index in [4.69, 9.17) is 21.1 Å². The van der Waals surface area contributed by atoms with Gasteiger partial charge in [0.15, 0.2) is 11.5 Å². The van der Waals surface area contributed by atoms with E-state index in [0.29, 0.717) is 46.8 Å². The zero-order valence-corrected chi connectivity index (χ0v) is 18.1. The molecule has 5 nitrogen and oxygen atoms in total. The highest BCUT2D eigenvalue weighted by molar-refractivity contribution is 7.98. The number of nitrogens with one attached hydrogen (secondary N) is 1. The molecule has 9 heteroatoms. The minimum absolute atomic E-state index is 0.0987. The van der Waals surface area contributed by atoms with Crippen molar-refractivity contribution in [3.8, 4) is 11.5 Å². The van der Waals surface area contributed by atoms with Crippen LogP contribution >= 0.6 is 23.4 Å². The van der Waals surface area contributed by atoms with E-state index in [2.05, 4.69) is 4.72 Å². The zero-order valence-electron chi connectivity index (χ0n) is 15.7. The van der Waals surface area contributed by atoms with Crippen molar-refractivity contribution < 1.29 is 22.3 Å². The average Bonchev–Trinajstić information content (AvgIpc) is 2.65. The first-order valence-corrected chi connectivity index (χ1v) is 11.8. The van der Waals surface area contributed by atoms with Gasteiger partial charge in [-0.2, -0.15) is 11.8 Å². The number of rotatable bonds is 11. The predicted octanol–water partition coefficient (Wildman–Crippen LogP) is 4.49. The zero-order chi connectivity index (χ0) is 20.6. The molecule has 28 heavy (non-hydrogen) atoms. The topological polar surface area (TPSA) is 64.6 Å². The van der Waals surface area contributed by atoms with Crippen LogP contribution < -0.4 is 14.2 Å². The highest BCUT2D eigenvalue weighted by atomic mass is 35.5. The first-order valence-electron chi connectivity index (χ1n) is 8.79. The number of thioether (sulfide) groups is 1. The number of halogens is 2. The molecule has 2 aromatic carbocycles. The molecule has 0 amide bonds. The maximum absolute atomic E-state index is 13.7. The SMILES string of the molecule is CCOc1ccc(S(=O)(=O)NCCSCc2c(F)cccc2Cl)cc1OCC. The fraction of sp³-hybridized carbons (Fsp3) is 0.368. The van der Waals surface area contributed by atoms with E-state index in [1.54, 1.807) is 18.2 Å². The minimum atomic E-state index is -3.69. The lowest BCUT2D eigenvalue weighted by atomic mass is 10.2. The number of hydrogen-bond donors (Lipinski definition) is 1. The lowest BCUT2D eigenvalue weighted by Crippen LogP contribution is -2.26. The summed E-state index contributed by atoms with van der Waals surface area (Å²) in [6, 6.07) is 9.04. The first-order chi connectivity index (χ1) is 13.4. The molecule has 0 radical (unpaired) electrons. The van der Waals surface area contributed by atoms with Crippen molar-refractivity contribution in [1.29, 1.82) is 0 Å². The summed E-state index contributed by atoms with van der Waals surface area (Å²) in [6.45, 7) is 4.71. The Balaban J connectivity index is 1.93. The summed E-state index contributed by atoms with van der Waals surface area (Å²) in [5.41, 5.74) is 0.421. The number of hydrogen-bond acceptors (Lipinski definition) is 5. The van der Waals surface area contributed by atoms with E-state index in [1.165, 1.54) is 30.0 Å². The van der Waals surface area contributed by atoms with Gasteiger partial charge in [0, 0.05) is 34.7 Å². The lowest BCUT2D eigenvalue weighted by molar-refractivity contribution is 0.287. The van der Waals surface area contributed by atoms with Gasteiger partial charge in [0.1, 0.15) is 5.82 Å². The molecular formula is C19H23ClFNO4S2. The predicted molar refractivity (Wildman–Crippen MR) is 112 cm³/mol. The van der Waals surface area contributed by atoms with E-state index in [9.17, 15) is 12.8 Å². The standard InChI is InChI=1S/C19H23ClFNO4S2/c1-3-25-18-9-8-14(12-19(18)26-4-2)28(23,24)22-10-11-27-13-15-16(20)6-5-7-17(15)21/h5-9,12,22H,3-4,10-11,13H2,1-2H3. The van der Waals surface area contributed by atoms with Crippen LogP contribution in [0.15, 0.2) is 41.3 Å². The van der Waals surface area contributed by atoms with Crippen LogP contribution in [0, 0.1) is 5.82 Å². The molecule has 0 saturated carbocycles. The van der Waals surface area contributed by atoms with Crippen LogP contribution in [0.3, 0.4) is 0 Å². The molecule has 0 atom stereocenters. The molecule has 2 rings (SSSR count). The Bertz CT molecular complexity index is 873. The number of ether oxygens (including phenoxy) is 2. The van der Waals surface area contributed by atoms with E-state index >= 15 is 0 Å². The molecular weight excluding hydrogens is 425 g/mol. The quantitative estimate of drug-likeness (QED) is 0.514. The molecule has 0 heterocycles. The summed E-state index contributed by atoms with van der Waals surface area (Å²) in [7, 11) is -3.69. The van der Waals surface area contributed by atoms with Crippen LogP contribution in [0.1, 0.15) is 19.4 Å². The Kier molecular flexibility index (Phi) is 8.88. The third-order valence-electron chi connectivity index (χ3n) is 3.67. The molecule has 0 spiro atoms. The van der Waals surface area contributed by atoms with E-state index in [1.807, 2.05) is 13.8 Å². The van der Waals surface area contributed by atoms with Crippen molar-refractivity contribution in [1.82, 2.24) is 4.72 Å². The van der Waals surface area contributed by atoms with Crippen molar-refractivity contribution in [2.24, 2.45) is 0 Å². The summed E-state index contributed by atoms with van der Waals surface area (Å²) in [5.74, 6) is 1.36. The normalized spacial score (nSPS) is 11.4. The Morgan fingerprint density at radius 2 is 1.82 bits per heavy atom. The van der Waals surface area contributed by atoms with Gasteiger partial charge in [0.25, 0.3) is 0 Å². The fourth-order valence-electron chi connectivity index (χ4n) is 2.37. The van der Waals surface area contributed by atoms with Crippen LogP contribution in [0.25, 0.3) is 0 Å². The van der Waals surface area contributed by atoms with Gasteiger partial charge in [0.05, 0.1) is 18.1 Å². The summed E-state index contributed by atoms with van der Waals surface area (Å²) in [4.78, 5) is 0.0987. The molecule has 154 valence electrons. The third-order valence-corrected chi connectivity index (χ3v) is 6.47. The van der Waals surface area contributed by atoms with Gasteiger partial charge in [-0.15, -0.1) is 0 Å². The molecule has 0 saturated heterocycles. The lowest BCUT2D eigenvalue weighted by Gasteiger charge is -2.13. The Morgan fingerprint density at radius 1 is 1.11 bits per heavy atom. The van der Waals surface area contributed by atoms with Crippen molar-refractivity contribution in [2.45, 2.75) is 24.5 Å². The summed E-state index contributed by atoms with van der Waals surface area (Å²) >= 11 is 7.38. The summed E-state index contributed by atoms with van der Waals surface area (Å²) in [5, 5.41) is 0.367. The molecule has 1 N–H and O–H groups in total. The molecule has 0 unspecified atom stereocenters. The van der Waals surface area contributed by atoms with Crippen molar-refractivity contribution >= 4 is 33.4 Å². The Morgan fingerprint density at radius 3 is 2.50 bits per heavy atom.